The van der Waals surface area contributed by atoms with Crippen molar-refractivity contribution in [1.29, 1.82) is 0 Å². The fourth-order valence-corrected chi connectivity index (χ4v) is 4.92. The number of nitrogens with one attached hydrogen (secondary N) is 4. The van der Waals surface area contributed by atoms with Crippen LogP contribution in [0.4, 0.5) is 14.7 Å². The van der Waals surface area contributed by atoms with E-state index >= 15 is 0 Å². The molecule has 3 unspecified atom stereocenters. The molecule has 3 heterocycles. The van der Waals surface area contributed by atoms with Crippen molar-refractivity contribution in [1.82, 2.24) is 25.6 Å². The number of hydrogen-bond donors (Lipinski definition) is 4. The van der Waals surface area contributed by atoms with Gasteiger partial charge in [-0.05, 0) is 31.7 Å². The molecule has 1 aromatic carbocycles. The molecule has 0 spiro atoms. The van der Waals surface area contributed by atoms with Crippen LogP contribution in [0.15, 0.2) is 36.7 Å². The van der Waals surface area contributed by atoms with E-state index < -0.39 is 24.9 Å². The lowest BCUT2D eigenvalue weighted by Gasteiger charge is -2.31. The van der Waals surface area contributed by atoms with E-state index in [1.807, 2.05) is 30.5 Å². The molecule has 5 rings (SSSR count). The van der Waals surface area contributed by atoms with Crippen LogP contribution in [-0.4, -0.2) is 51.5 Å². The third-order valence-corrected chi connectivity index (χ3v) is 6.65. The summed E-state index contributed by atoms with van der Waals surface area (Å²) in [6, 6.07) is 7.06. The molecule has 1 saturated heterocycles. The number of aromatic amines is 1. The van der Waals surface area contributed by atoms with Gasteiger partial charge in [0.1, 0.15) is 0 Å². The van der Waals surface area contributed by atoms with Gasteiger partial charge in [-0.1, -0.05) is 29.8 Å². The first-order valence-electron chi connectivity index (χ1n) is 11.2. The topological polar surface area (TPSA) is 94.7 Å². The number of aromatic nitrogens is 3. The summed E-state index contributed by atoms with van der Waals surface area (Å²) in [6.45, 7) is -0.452. The van der Waals surface area contributed by atoms with Crippen LogP contribution in [0, 0.1) is 0 Å². The fraction of sp³-hybridized carbons (Fsp3) is 0.435. The second-order valence-corrected chi connectivity index (χ2v) is 9.25. The van der Waals surface area contributed by atoms with Gasteiger partial charge in [-0.15, -0.1) is 0 Å². The van der Waals surface area contributed by atoms with E-state index in [0.29, 0.717) is 23.1 Å². The largest absolute Gasteiger partial charge is 0.360 e. The molecule has 2 aromatic heterocycles. The number of halogens is 3. The monoisotopic (exact) mass is 474 g/mol. The molecule has 4 N–H and O–H groups in total. The van der Waals surface area contributed by atoms with Gasteiger partial charge in [-0.25, -0.2) is 18.7 Å². The summed E-state index contributed by atoms with van der Waals surface area (Å²) in [4.78, 5) is 24.7. The average molecular weight is 475 g/mol. The van der Waals surface area contributed by atoms with Gasteiger partial charge in [0.05, 0.1) is 29.5 Å². The Morgan fingerprint density at radius 2 is 2.03 bits per heavy atom. The second kappa shape index (κ2) is 8.87. The first-order chi connectivity index (χ1) is 15.9. The van der Waals surface area contributed by atoms with Gasteiger partial charge in [0, 0.05) is 41.2 Å². The number of alkyl halides is 2. The van der Waals surface area contributed by atoms with Crippen LogP contribution in [-0.2, 0) is 4.79 Å². The summed E-state index contributed by atoms with van der Waals surface area (Å²) in [7, 11) is 0. The summed E-state index contributed by atoms with van der Waals surface area (Å²) in [5.41, 5.74) is 2.54. The number of carbonyl (C=O) groups is 1. The van der Waals surface area contributed by atoms with Gasteiger partial charge >= 0.3 is 0 Å². The zero-order valence-corrected chi connectivity index (χ0v) is 18.6. The zero-order chi connectivity index (χ0) is 23.0. The molecule has 33 heavy (non-hydrogen) atoms. The van der Waals surface area contributed by atoms with Crippen LogP contribution in [0.25, 0.3) is 22.2 Å². The molecule has 10 heteroatoms. The minimum absolute atomic E-state index is 0.0547. The second-order valence-electron chi connectivity index (χ2n) is 8.85. The first-order valence-corrected chi connectivity index (χ1v) is 11.5. The van der Waals surface area contributed by atoms with Crippen LogP contribution >= 0.6 is 11.6 Å². The number of anilines is 1. The van der Waals surface area contributed by atoms with Crippen LogP contribution in [0.5, 0.6) is 0 Å². The van der Waals surface area contributed by atoms with E-state index in [1.165, 1.54) is 0 Å². The maximum absolute atomic E-state index is 13.4. The Morgan fingerprint density at radius 1 is 1.21 bits per heavy atom. The van der Waals surface area contributed by atoms with Gasteiger partial charge in [-0.3, -0.25) is 10.1 Å². The third-order valence-electron chi connectivity index (χ3n) is 6.37. The van der Waals surface area contributed by atoms with E-state index in [4.69, 9.17) is 11.6 Å². The molecular formula is C23H25ClF2N6O. The number of nitrogens with zero attached hydrogens (tertiary/aromatic N) is 2. The highest BCUT2D eigenvalue weighted by molar-refractivity contribution is 6.33. The Balaban J connectivity index is 1.26. The highest BCUT2D eigenvalue weighted by atomic mass is 35.5. The van der Waals surface area contributed by atoms with E-state index in [1.54, 1.807) is 6.20 Å². The highest BCUT2D eigenvalue weighted by Gasteiger charge is 2.42. The summed E-state index contributed by atoms with van der Waals surface area (Å²) in [6.07, 6.45) is 6.30. The lowest BCUT2D eigenvalue weighted by Crippen LogP contribution is -2.48. The quantitative estimate of drug-likeness (QED) is 0.446. The van der Waals surface area contributed by atoms with Crippen LogP contribution < -0.4 is 16.0 Å². The molecule has 7 nitrogen and oxygen atoms in total. The Kier molecular flexibility index (Phi) is 5.92. The molecule has 1 aliphatic carbocycles. The number of fused-ring (bicyclic) bond motifs is 1. The molecule has 0 bridgehead atoms. The van der Waals surface area contributed by atoms with Crippen molar-refractivity contribution in [2.45, 2.75) is 56.2 Å². The van der Waals surface area contributed by atoms with E-state index in [0.717, 1.165) is 35.7 Å². The number of carbonyl (C=O) groups excluding carboxylic acids is 1. The van der Waals surface area contributed by atoms with Crippen molar-refractivity contribution >= 4 is 34.4 Å². The number of H-pyrrole nitrogens is 1. The molecule has 1 aliphatic heterocycles. The molecule has 1 amide bonds. The fourth-order valence-electron chi connectivity index (χ4n) is 4.73. The summed E-state index contributed by atoms with van der Waals surface area (Å²) >= 11 is 6.42. The lowest BCUT2D eigenvalue weighted by atomic mass is 9.90. The molecular weight excluding hydrogens is 450 g/mol. The average Bonchev–Trinajstić information content (AvgIpc) is 3.38. The predicted octanol–water partition coefficient (Wildman–Crippen LogP) is 4.11. The molecule has 0 radical (unpaired) electrons. The number of rotatable bonds is 5. The van der Waals surface area contributed by atoms with Crippen molar-refractivity contribution in [2.75, 3.05) is 11.9 Å². The first kappa shape index (κ1) is 22.0. The van der Waals surface area contributed by atoms with E-state index in [9.17, 15) is 13.6 Å². The number of amides is 1. The van der Waals surface area contributed by atoms with E-state index in [-0.39, 0.29) is 18.0 Å². The van der Waals surface area contributed by atoms with Crippen molar-refractivity contribution in [3.63, 3.8) is 0 Å². The van der Waals surface area contributed by atoms with E-state index in [2.05, 4.69) is 30.9 Å². The molecule has 174 valence electrons. The van der Waals surface area contributed by atoms with Crippen molar-refractivity contribution in [2.24, 2.45) is 0 Å². The summed E-state index contributed by atoms with van der Waals surface area (Å²) < 4.78 is 26.8. The molecule has 3 aromatic rings. The smallest absolute Gasteiger partial charge is 0.262 e. The third kappa shape index (κ3) is 4.79. The zero-order valence-electron chi connectivity index (χ0n) is 17.9. The lowest BCUT2D eigenvalue weighted by molar-refractivity contribution is -0.124. The minimum atomic E-state index is -2.83. The Morgan fingerprint density at radius 3 is 2.85 bits per heavy atom. The van der Waals surface area contributed by atoms with Gasteiger partial charge in [0.25, 0.3) is 5.92 Å². The normalized spacial score (nSPS) is 24.6. The Labute approximate surface area is 194 Å². The summed E-state index contributed by atoms with van der Waals surface area (Å²) in [5.74, 6) is -2.72. The molecule has 2 aliphatic rings. The maximum Gasteiger partial charge on any atom is 0.262 e. The van der Waals surface area contributed by atoms with Gasteiger partial charge in [0.15, 0.2) is 0 Å². The number of benzene rings is 1. The van der Waals surface area contributed by atoms with Gasteiger partial charge in [-0.2, -0.15) is 0 Å². The maximum atomic E-state index is 13.4. The van der Waals surface area contributed by atoms with Crippen LogP contribution in [0.3, 0.4) is 0 Å². The van der Waals surface area contributed by atoms with Crippen molar-refractivity contribution in [3.8, 4) is 11.3 Å². The Bertz CT molecular complexity index is 1170. The molecule has 3 atom stereocenters. The van der Waals surface area contributed by atoms with Crippen LogP contribution in [0.1, 0.15) is 32.1 Å². The minimum Gasteiger partial charge on any atom is -0.360 e. The Hall–Kier alpha value is -2.78. The summed E-state index contributed by atoms with van der Waals surface area (Å²) in [5, 5.41) is 10.4. The number of para-hydroxylation sites is 1. The predicted molar refractivity (Wildman–Crippen MR) is 123 cm³/mol. The van der Waals surface area contributed by atoms with Gasteiger partial charge < -0.3 is 15.6 Å². The highest BCUT2D eigenvalue weighted by Crippen LogP contribution is 2.33. The molecule has 1 saturated carbocycles. The number of hydrogen-bond acceptors (Lipinski definition) is 5. The van der Waals surface area contributed by atoms with Gasteiger partial charge in [0.2, 0.25) is 11.9 Å². The van der Waals surface area contributed by atoms with Crippen LogP contribution in [0.2, 0.25) is 5.02 Å². The van der Waals surface area contributed by atoms with Crippen molar-refractivity contribution < 1.29 is 13.6 Å². The molecule has 2 fully saturated rings. The van der Waals surface area contributed by atoms with Crippen molar-refractivity contribution in [3.05, 3.63) is 41.7 Å². The standard InChI is InChI=1S/C23H25ClF2N6O/c24-17-11-28-22(32-20(17)16-10-27-18-7-2-1-6-15(16)18)31-14-5-3-4-13(8-14)30-21(33)19-9-23(25,26)12-29-19/h1-2,6-7,10-11,13-14,19,27,29H,3-5,8-9,12H2,(H,30,33)(H,28,31,32). The SMILES string of the molecule is O=C(NC1CCCC(Nc2ncc(Cl)c(-c3c[nH]c4ccccc34)n2)C1)C1CC(F)(F)CN1.